The molecule has 118 valence electrons. The summed E-state index contributed by atoms with van der Waals surface area (Å²) in [6.07, 6.45) is -4.60. The predicted octanol–water partition coefficient (Wildman–Crippen LogP) is 3.86. The van der Waals surface area contributed by atoms with Gasteiger partial charge in [-0.25, -0.2) is 0 Å². The summed E-state index contributed by atoms with van der Waals surface area (Å²) in [5.41, 5.74) is 0.643. The first-order valence-corrected chi connectivity index (χ1v) is 7.16. The third-order valence-corrected chi connectivity index (χ3v) is 4.06. The van der Waals surface area contributed by atoms with Crippen LogP contribution < -0.4 is 9.64 Å². The largest absolute Gasteiger partial charge is 0.460 e. The Labute approximate surface area is 133 Å². The van der Waals surface area contributed by atoms with E-state index in [1.807, 2.05) is 0 Å². The maximum Gasteiger partial charge on any atom is 0.428 e. The molecule has 0 saturated carbocycles. The second-order valence-electron chi connectivity index (χ2n) is 4.17. The average Bonchev–Trinajstić information content (AvgIpc) is 2.86. The van der Waals surface area contributed by atoms with Crippen molar-refractivity contribution in [1.82, 2.24) is 4.98 Å². The van der Waals surface area contributed by atoms with E-state index in [1.165, 1.54) is 11.9 Å². The number of para-hydroxylation sites is 1. The number of alkyl halides is 3. The molecule has 0 spiro atoms. The van der Waals surface area contributed by atoms with Gasteiger partial charge in [0, 0.05) is 12.7 Å². The topological polar surface area (TPSA) is 42.4 Å². The highest BCUT2D eigenvalue weighted by Gasteiger charge is 2.37. The molecule has 1 aromatic carbocycles. The Balaban J connectivity index is 2.00. The lowest BCUT2D eigenvalue weighted by molar-refractivity contribution is -0.134. The fraction of sp³-hybridized carbons (Fsp3) is 0.231. The van der Waals surface area contributed by atoms with Crippen LogP contribution in [-0.2, 0) is 11.0 Å². The van der Waals surface area contributed by atoms with Crippen LogP contribution in [0.4, 0.5) is 18.9 Å². The maximum absolute atomic E-state index is 12.6. The molecule has 0 aliphatic rings. The lowest BCUT2D eigenvalue weighted by Crippen LogP contribution is -2.31. The number of aromatic nitrogens is 1. The lowest BCUT2D eigenvalue weighted by atomic mass is 10.3. The van der Waals surface area contributed by atoms with E-state index in [2.05, 4.69) is 4.98 Å². The molecule has 0 bridgehead atoms. The number of thiazole rings is 1. The summed E-state index contributed by atoms with van der Waals surface area (Å²) in [7, 11) is 1.54. The molecular weight excluding hydrogens is 341 g/mol. The molecule has 2 rings (SSSR count). The molecule has 0 aliphatic carbocycles. The number of carbonyl (C=O) groups excluding carboxylic acids is 1. The number of hydrogen-bond acceptors (Lipinski definition) is 4. The van der Waals surface area contributed by atoms with Gasteiger partial charge >= 0.3 is 6.18 Å². The number of likely N-dealkylation sites (N-methyl/N-ethyl adjacent to an activating group) is 1. The molecule has 1 aromatic heterocycles. The highest BCUT2D eigenvalue weighted by Crippen LogP contribution is 2.41. The van der Waals surface area contributed by atoms with Crippen molar-refractivity contribution in [2.24, 2.45) is 0 Å². The molecular formula is C13H10ClF3N2O2S. The van der Waals surface area contributed by atoms with Gasteiger partial charge in [0.1, 0.15) is 0 Å². The Hall–Kier alpha value is -1.80. The number of rotatable bonds is 4. The molecule has 0 atom stereocenters. The van der Waals surface area contributed by atoms with Crippen LogP contribution >= 0.6 is 22.9 Å². The molecule has 22 heavy (non-hydrogen) atoms. The summed E-state index contributed by atoms with van der Waals surface area (Å²) in [5.74, 6) is -0.425. The van der Waals surface area contributed by atoms with Crippen LogP contribution in [-0.4, -0.2) is 24.5 Å². The van der Waals surface area contributed by atoms with Crippen molar-refractivity contribution in [3.8, 4) is 5.19 Å². The van der Waals surface area contributed by atoms with Crippen molar-refractivity contribution < 1.29 is 22.7 Å². The normalized spacial score (nSPS) is 11.3. The Bertz CT molecular complexity index is 661. The number of hydrogen-bond donors (Lipinski definition) is 0. The number of carbonyl (C=O) groups is 1. The van der Waals surface area contributed by atoms with Gasteiger partial charge in [-0.05, 0) is 12.1 Å². The van der Waals surface area contributed by atoms with Crippen LogP contribution in [0.25, 0.3) is 0 Å². The highest BCUT2D eigenvalue weighted by molar-refractivity contribution is 7.14. The minimum atomic E-state index is -4.60. The molecule has 4 nitrogen and oxygen atoms in total. The van der Waals surface area contributed by atoms with Crippen LogP contribution in [0.5, 0.6) is 5.19 Å². The van der Waals surface area contributed by atoms with Gasteiger partial charge in [0.25, 0.3) is 11.1 Å². The van der Waals surface area contributed by atoms with E-state index >= 15 is 0 Å². The van der Waals surface area contributed by atoms with Crippen molar-refractivity contribution in [3.05, 3.63) is 40.4 Å². The smallest absolute Gasteiger partial charge is 0.428 e. The first-order valence-electron chi connectivity index (χ1n) is 5.97. The Kier molecular flexibility index (Phi) is 4.92. The standard InChI is InChI=1S/C13H10ClF3N2O2S/c1-19(8-5-3-2-4-6-8)9(20)7-21-12-18-11(14)10(22-12)13(15,16)17/h2-6H,7H2,1H3. The second kappa shape index (κ2) is 6.53. The molecule has 9 heteroatoms. The molecule has 0 N–H and O–H groups in total. The van der Waals surface area contributed by atoms with Gasteiger partial charge in [0.15, 0.2) is 16.6 Å². The van der Waals surface area contributed by atoms with Crippen LogP contribution in [0.15, 0.2) is 30.3 Å². The predicted molar refractivity (Wildman–Crippen MR) is 77.5 cm³/mol. The van der Waals surface area contributed by atoms with Gasteiger partial charge in [-0.1, -0.05) is 41.1 Å². The van der Waals surface area contributed by atoms with Crippen molar-refractivity contribution >= 4 is 34.5 Å². The van der Waals surface area contributed by atoms with Gasteiger partial charge in [-0.15, -0.1) is 0 Å². The summed E-state index contributed by atoms with van der Waals surface area (Å²) < 4.78 is 42.7. The molecule has 1 heterocycles. The monoisotopic (exact) mass is 350 g/mol. The molecule has 0 unspecified atom stereocenters. The van der Waals surface area contributed by atoms with Crippen LogP contribution in [0.3, 0.4) is 0 Å². The third-order valence-electron chi connectivity index (χ3n) is 2.66. The molecule has 1 amide bonds. The van der Waals surface area contributed by atoms with Gasteiger partial charge < -0.3 is 9.64 Å². The van der Waals surface area contributed by atoms with E-state index < -0.39 is 28.7 Å². The van der Waals surface area contributed by atoms with E-state index in [4.69, 9.17) is 16.3 Å². The molecule has 0 aliphatic heterocycles. The maximum atomic E-state index is 12.6. The fourth-order valence-corrected chi connectivity index (χ4v) is 2.56. The van der Waals surface area contributed by atoms with Crippen molar-refractivity contribution in [1.29, 1.82) is 0 Å². The Morgan fingerprint density at radius 1 is 1.36 bits per heavy atom. The van der Waals surface area contributed by atoms with Crippen molar-refractivity contribution in [2.45, 2.75) is 6.18 Å². The quantitative estimate of drug-likeness (QED) is 0.841. The Morgan fingerprint density at radius 2 is 2.00 bits per heavy atom. The minimum Gasteiger partial charge on any atom is -0.460 e. The minimum absolute atomic E-state index is 0.255. The van der Waals surface area contributed by atoms with E-state index in [9.17, 15) is 18.0 Å². The third kappa shape index (κ3) is 3.89. The number of benzene rings is 1. The van der Waals surface area contributed by atoms with Gasteiger partial charge in [-0.3, -0.25) is 4.79 Å². The molecule has 0 fully saturated rings. The van der Waals surface area contributed by atoms with Gasteiger partial charge in [0.2, 0.25) is 0 Å². The van der Waals surface area contributed by atoms with Crippen LogP contribution in [0.1, 0.15) is 4.88 Å². The Morgan fingerprint density at radius 3 is 2.55 bits per heavy atom. The summed E-state index contributed by atoms with van der Waals surface area (Å²) in [5, 5.41) is -0.983. The van der Waals surface area contributed by atoms with E-state index in [1.54, 1.807) is 30.3 Å². The summed E-state index contributed by atoms with van der Waals surface area (Å²) in [4.78, 5) is 15.7. The van der Waals surface area contributed by atoms with E-state index in [-0.39, 0.29) is 16.5 Å². The van der Waals surface area contributed by atoms with Crippen LogP contribution in [0.2, 0.25) is 5.15 Å². The molecule has 0 saturated heterocycles. The SMILES string of the molecule is CN(C(=O)COc1nc(Cl)c(C(F)(F)F)s1)c1ccccc1. The zero-order valence-electron chi connectivity index (χ0n) is 11.2. The number of ether oxygens (including phenoxy) is 1. The number of halogens is 4. The van der Waals surface area contributed by atoms with Gasteiger partial charge in [-0.2, -0.15) is 18.2 Å². The summed E-state index contributed by atoms with van der Waals surface area (Å²) in [6.45, 7) is -0.438. The fourth-order valence-electron chi connectivity index (χ4n) is 1.54. The first kappa shape index (κ1) is 16.6. The van der Waals surface area contributed by atoms with E-state index in [0.29, 0.717) is 5.69 Å². The van der Waals surface area contributed by atoms with Crippen molar-refractivity contribution in [2.75, 3.05) is 18.6 Å². The zero-order valence-corrected chi connectivity index (χ0v) is 12.8. The number of amides is 1. The average molecular weight is 351 g/mol. The van der Waals surface area contributed by atoms with Gasteiger partial charge in [0.05, 0.1) is 0 Å². The van der Waals surface area contributed by atoms with Crippen LogP contribution in [0, 0.1) is 0 Å². The first-order chi connectivity index (χ1) is 10.3. The highest BCUT2D eigenvalue weighted by atomic mass is 35.5. The second-order valence-corrected chi connectivity index (χ2v) is 5.49. The molecule has 2 aromatic rings. The van der Waals surface area contributed by atoms with Crippen molar-refractivity contribution in [3.63, 3.8) is 0 Å². The number of nitrogens with zero attached hydrogens (tertiary/aromatic N) is 2. The molecule has 0 radical (unpaired) electrons. The lowest BCUT2D eigenvalue weighted by Gasteiger charge is -2.16. The van der Waals surface area contributed by atoms with E-state index in [0.717, 1.165) is 0 Å². The summed E-state index contributed by atoms with van der Waals surface area (Å²) >= 11 is 5.66. The zero-order chi connectivity index (χ0) is 16.3. The number of anilines is 1. The summed E-state index contributed by atoms with van der Waals surface area (Å²) in [6, 6.07) is 8.76.